The Morgan fingerprint density at radius 1 is 1.00 bits per heavy atom. The third-order valence-electron chi connectivity index (χ3n) is 2.56. The van der Waals surface area contributed by atoms with E-state index in [-0.39, 0.29) is 20.1 Å². The van der Waals surface area contributed by atoms with E-state index in [1.54, 1.807) is 45.7 Å². The summed E-state index contributed by atoms with van der Waals surface area (Å²) in [5.41, 5.74) is 1.52. The zero-order chi connectivity index (χ0) is 13.0. The van der Waals surface area contributed by atoms with Crippen molar-refractivity contribution in [3.63, 3.8) is 0 Å². The summed E-state index contributed by atoms with van der Waals surface area (Å²) in [6.45, 7) is 0. The molecule has 2 aromatic rings. The molecule has 103 valence electrons. The van der Waals surface area contributed by atoms with Crippen molar-refractivity contribution in [3.8, 4) is 28.5 Å². The molecule has 1 radical (unpaired) electrons. The van der Waals surface area contributed by atoms with Crippen LogP contribution in [-0.2, 0) is 20.1 Å². The molecule has 19 heavy (non-hydrogen) atoms. The normalized spacial score (nSPS) is 9.42. The van der Waals surface area contributed by atoms with Crippen molar-refractivity contribution in [2.45, 2.75) is 0 Å². The third kappa shape index (κ3) is 3.46. The van der Waals surface area contributed by atoms with Crippen LogP contribution in [0.15, 0.2) is 30.5 Å². The molecule has 1 aromatic carbocycles. The van der Waals surface area contributed by atoms with Gasteiger partial charge in [0.05, 0.1) is 21.3 Å². The van der Waals surface area contributed by atoms with E-state index in [1.165, 1.54) is 0 Å². The fourth-order valence-corrected chi connectivity index (χ4v) is 1.61. The van der Waals surface area contributed by atoms with Gasteiger partial charge in [0.2, 0.25) is 0 Å². The van der Waals surface area contributed by atoms with Crippen molar-refractivity contribution in [3.05, 3.63) is 36.5 Å². The molecule has 1 heterocycles. The molecular weight excluding hydrogens is 422 g/mol. The Morgan fingerprint density at radius 3 is 2.37 bits per heavy atom. The smallest absolute Gasteiger partial charge is 0.113 e. The van der Waals surface area contributed by atoms with Gasteiger partial charge in [-0.05, 0) is 17.8 Å². The van der Waals surface area contributed by atoms with Crippen LogP contribution in [0, 0.1) is 6.07 Å². The van der Waals surface area contributed by atoms with Crippen LogP contribution in [0.1, 0.15) is 0 Å². The predicted octanol–water partition coefficient (Wildman–Crippen LogP) is 2.57. The number of benzene rings is 1. The molecule has 0 atom stereocenters. The Balaban J connectivity index is 0.00000180. The SMILES string of the molecule is COc1ccnc(-c2[c-]cc(OC)cc2OC)c1.[Ir]. The molecule has 0 aliphatic heterocycles. The predicted molar refractivity (Wildman–Crippen MR) is 68.2 cm³/mol. The molecule has 5 heteroatoms. The van der Waals surface area contributed by atoms with Gasteiger partial charge in [-0.25, -0.2) is 0 Å². The first-order chi connectivity index (χ1) is 8.78. The summed E-state index contributed by atoms with van der Waals surface area (Å²) in [4.78, 5) is 4.29. The number of hydrogen-bond acceptors (Lipinski definition) is 4. The van der Waals surface area contributed by atoms with Crippen LogP contribution in [0.4, 0.5) is 0 Å². The van der Waals surface area contributed by atoms with Gasteiger partial charge in [0.1, 0.15) is 5.75 Å². The first kappa shape index (κ1) is 15.5. The topological polar surface area (TPSA) is 40.6 Å². The molecular formula is C14H14IrNO3-. The average molecular weight is 436 g/mol. The quantitative estimate of drug-likeness (QED) is 0.691. The van der Waals surface area contributed by atoms with Gasteiger partial charge in [0, 0.05) is 37.8 Å². The number of hydrogen-bond donors (Lipinski definition) is 0. The number of aromatic nitrogens is 1. The molecule has 0 N–H and O–H groups in total. The largest absolute Gasteiger partial charge is 0.540 e. The summed E-state index contributed by atoms with van der Waals surface area (Å²) < 4.78 is 15.6. The van der Waals surface area contributed by atoms with E-state index in [0.717, 1.165) is 17.0 Å². The van der Waals surface area contributed by atoms with E-state index in [2.05, 4.69) is 11.1 Å². The molecule has 0 saturated carbocycles. The third-order valence-corrected chi connectivity index (χ3v) is 2.56. The van der Waals surface area contributed by atoms with Crippen LogP contribution in [0.3, 0.4) is 0 Å². The van der Waals surface area contributed by atoms with Crippen molar-refractivity contribution in [1.29, 1.82) is 0 Å². The van der Waals surface area contributed by atoms with E-state index >= 15 is 0 Å². The van der Waals surface area contributed by atoms with Crippen LogP contribution in [0.2, 0.25) is 0 Å². The Hall–Kier alpha value is -1.58. The minimum atomic E-state index is 0. The molecule has 0 unspecified atom stereocenters. The summed E-state index contributed by atoms with van der Waals surface area (Å²) in [6, 6.07) is 10.3. The summed E-state index contributed by atoms with van der Waals surface area (Å²) >= 11 is 0. The van der Waals surface area contributed by atoms with E-state index in [4.69, 9.17) is 14.2 Å². The maximum atomic E-state index is 5.32. The molecule has 0 amide bonds. The second-order valence-corrected chi connectivity index (χ2v) is 3.56. The second-order valence-electron chi connectivity index (χ2n) is 3.56. The maximum Gasteiger partial charge on any atom is 0.113 e. The van der Waals surface area contributed by atoms with Crippen molar-refractivity contribution in [2.75, 3.05) is 21.3 Å². The van der Waals surface area contributed by atoms with Gasteiger partial charge in [-0.2, -0.15) is 0 Å². The number of nitrogens with zero attached hydrogens (tertiary/aromatic N) is 1. The van der Waals surface area contributed by atoms with Crippen LogP contribution < -0.4 is 14.2 Å². The summed E-state index contributed by atoms with van der Waals surface area (Å²) in [7, 11) is 4.83. The van der Waals surface area contributed by atoms with Crippen molar-refractivity contribution < 1.29 is 34.3 Å². The first-order valence-corrected chi connectivity index (χ1v) is 5.42. The van der Waals surface area contributed by atoms with Gasteiger partial charge in [-0.3, -0.25) is 0 Å². The van der Waals surface area contributed by atoms with E-state index < -0.39 is 0 Å². The Bertz CT molecular complexity index is 546. The summed E-state index contributed by atoms with van der Waals surface area (Å²) in [5.74, 6) is 2.10. The Kier molecular flexibility index (Phi) is 5.80. The zero-order valence-electron chi connectivity index (χ0n) is 10.9. The molecule has 0 bridgehead atoms. The molecule has 0 aliphatic rings. The van der Waals surface area contributed by atoms with Crippen LogP contribution in [0.25, 0.3) is 11.3 Å². The van der Waals surface area contributed by atoms with Gasteiger partial charge < -0.3 is 19.2 Å². The molecule has 0 fully saturated rings. The molecule has 2 rings (SSSR count). The van der Waals surface area contributed by atoms with Gasteiger partial charge >= 0.3 is 0 Å². The number of ether oxygens (including phenoxy) is 3. The first-order valence-electron chi connectivity index (χ1n) is 5.42. The molecule has 4 nitrogen and oxygen atoms in total. The van der Waals surface area contributed by atoms with Gasteiger partial charge in [0.15, 0.2) is 0 Å². The van der Waals surface area contributed by atoms with Gasteiger partial charge in [0.25, 0.3) is 0 Å². The summed E-state index contributed by atoms with van der Waals surface area (Å²) in [6.07, 6.45) is 1.69. The van der Waals surface area contributed by atoms with Crippen molar-refractivity contribution >= 4 is 0 Å². The van der Waals surface area contributed by atoms with E-state index in [1.807, 2.05) is 6.07 Å². The van der Waals surface area contributed by atoms with Crippen LogP contribution >= 0.6 is 0 Å². The van der Waals surface area contributed by atoms with Gasteiger partial charge in [-0.1, -0.05) is 11.6 Å². The zero-order valence-corrected chi connectivity index (χ0v) is 13.3. The number of pyridine rings is 1. The Morgan fingerprint density at radius 2 is 1.74 bits per heavy atom. The van der Waals surface area contributed by atoms with E-state index in [0.29, 0.717) is 11.5 Å². The van der Waals surface area contributed by atoms with Crippen LogP contribution in [0.5, 0.6) is 17.2 Å². The standard InChI is InChI=1S/C14H14NO3.Ir/c1-16-10-4-5-12(14(9-10)18-3)13-8-11(17-2)6-7-15-13;/h4,6-9H,1-3H3;/q-1;. The minimum Gasteiger partial charge on any atom is -0.540 e. The van der Waals surface area contributed by atoms with Crippen LogP contribution in [-0.4, -0.2) is 26.3 Å². The minimum absolute atomic E-state index is 0. The number of rotatable bonds is 4. The second kappa shape index (κ2) is 7.12. The van der Waals surface area contributed by atoms with Gasteiger partial charge in [-0.15, -0.1) is 12.1 Å². The van der Waals surface area contributed by atoms with Crippen molar-refractivity contribution in [1.82, 2.24) is 4.98 Å². The maximum absolute atomic E-state index is 5.32. The molecule has 0 spiro atoms. The fourth-order valence-electron chi connectivity index (χ4n) is 1.61. The molecule has 1 aromatic heterocycles. The fraction of sp³-hybridized carbons (Fsp3) is 0.214. The van der Waals surface area contributed by atoms with Crippen molar-refractivity contribution in [2.24, 2.45) is 0 Å². The monoisotopic (exact) mass is 437 g/mol. The average Bonchev–Trinajstić information content (AvgIpc) is 2.46. The summed E-state index contributed by atoms with van der Waals surface area (Å²) in [5, 5.41) is 0. The molecule has 0 aliphatic carbocycles. The van der Waals surface area contributed by atoms with E-state index in [9.17, 15) is 0 Å². The number of methoxy groups -OCH3 is 3. The Labute approximate surface area is 126 Å². The molecule has 0 saturated heterocycles.